The molecule has 4 atom stereocenters. The Morgan fingerprint density at radius 1 is 1.00 bits per heavy atom. The molecule has 1 unspecified atom stereocenters. The molecule has 0 bridgehead atoms. The number of nitrogens with zero attached hydrogens (tertiary/aromatic N) is 2. The number of urea groups is 1. The van der Waals surface area contributed by atoms with E-state index in [9.17, 15) is 24.3 Å². The van der Waals surface area contributed by atoms with Crippen LogP contribution in [0.1, 0.15) is 72.1 Å². The second-order valence-corrected chi connectivity index (χ2v) is 14.0. The SMILES string of the molecule is CCC[C@H](NC(=O)[C@@H]1CC(Oc2cc(-c3ccccc3)nc3cc(OC)ccc23)CN1C(=O)N[C@H](C(=O)NCC1CCCCC1)C(C)C)C(=O)O. The van der Waals surface area contributed by atoms with Crippen LogP contribution >= 0.6 is 0 Å². The summed E-state index contributed by atoms with van der Waals surface area (Å²) in [6, 6.07) is 13.5. The maximum atomic E-state index is 14.0. The van der Waals surface area contributed by atoms with Crippen molar-refractivity contribution in [1.82, 2.24) is 25.8 Å². The van der Waals surface area contributed by atoms with Gasteiger partial charge in [0, 0.05) is 36.0 Å². The Labute approximate surface area is 299 Å². The molecule has 1 saturated carbocycles. The Balaban J connectivity index is 1.40. The molecule has 1 aliphatic heterocycles. The van der Waals surface area contributed by atoms with Crippen molar-refractivity contribution in [1.29, 1.82) is 0 Å². The maximum absolute atomic E-state index is 14.0. The second kappa shape index (κ2) is 17.4. The van der Waals surface area contributed by atoms with E-state index in [1.54, 1.807) is 7.11 Å². The summed E-state index contributed by atoms with van der Waals surface area (Å²) in [5.41, 5.74) is 2.21. The topological polar surface area (TPSA) is 159 Å². The zero-order valence-corrected chi connectivity index (χ0v) is 30.0. The van der Waals surface area contributed by atoms with Crippen LogP contribution in [0.2, 0.25) is 0 Å². The zero-order chi connectivity index (χ0) is 36.5. The van der Waals surface area contributed by atoms with Crippen LogP contribution in [0.5, 0.6) is 11.5 Å². The van der Waals surface area contributed by atoms with Gasteiger partial charge in [0.25, 0.3) is 0 Å². The summed E-state index contributed by atoms with van der Waals surface area (Å²) in [6.45, 7) is 6.16. The van der Waals surface area contributed by atoms with Gasteiger partial charge in [0.1, 0.15) is 35.7 Å². The Bertz CT molecular complexity index is 1680. The van der Waals surface area contributed by atoms with E-state index >= 15 is 0 Å². The molecule has 0 spiro atoms. The normalized spacial score (nSPS) is 19.0. The number of fused-ring (bicyclic) bond motifs is 1. The lowest BCUT2D eigenvalue weighted by molar-refractivity contribution is -0.142. The van der Waals surface area contributed by atoms with Gasteiger partial charge < -0.3 is 35.4 Å². The highest BCUT2D eigenvalue weighted by Crippen LogP contribution is 2.34. The minimum absolute atomic E-state index is 0.0323. The van der Waals surface area contributed by atoms with E-state index < -0.39 is 42.1 Å². The number of methoxy groups -OCH3 is 1. The van der Waals surface area contributed by atoms with Crippen molar-refractivity contribution in [3.63, 3.8) is 0 Å². The number of hydrogen-bond donors (Lipinski definition) is 4. The first-order chi connectivity index (χ1) is 24.6. The summed E-state index contributed by atoms with van der Waals surface area (Å²) in [5.74, 6) is -0.645. The molecular weight excluding hydrogens is 650 g/mol. The predicted octanol–water partition coefficient (Wildman–Crippen LogP) is 5.53. The molecule has 2 heterocycles. The van der Waals surface area contributed by atoms with E-state index in [0.717, 1.165) is 36.6 Å². The largest absolute Gasteiger partial charge is 0.497 e. The zero-order valence-electron chi connectivity index (χ0n) is 30.0. The molecule has 5 rings (SSSR count). The predicted molar refractivity (Wildman–Crippen MR) is 194 cm³/mol. The molecule has 274 valence electrons. The van der Waals surface area contributed by atoms with E-state index in [0.29, 0.717) is 41.6 Å². The van der Waals surface area contributed by atoms with Gasteiger partial charge in [0.15, 0.2) is 0 Å². The van der Waals surface area contributed by atoms with E-state index in [-0.39, 0.29) is 31.2 Å². The van der Waals surface area contributed by atoms with Crippen LogP contribution in [0.15, 0.2) is 54.6 Å². The molecule has 2 aliphatic rings. The van der Waals surface area contributed by atoms with Crippen LogP contribution in [-0.2, 0) is 14.4 Å². The lowest BCUT2D eigenvalue weighted by Crippen LogP contribution is -2.57. The van der Waals surface area contributed by atoms with Gasteiger partial charge in [0.05, 0.1) is 24.9 Å². The van der Waals surface area contributed by atoms with Gasteiger partial charge >= 0.3 is 12.0 Å². The molecule has 4 amide bonds. The van der Waals surface area contributed by atoms with E-state index in [4.69, 9.17) is 14.5 Å². The number of hydrogen-bond acceptors (Lipinski definition) is 7. The quantitative estimate of drug-likeness (QED) is 0.171. The van der Waals surface area contributed by atoms with Crippen LogP contribution < -0.4 is 25.4 Å². The fourth-order valence-electron chi connectivity index (χ4n) is 7.00. The summed E-state index contributed by atoms with van der Waals surface area (Å²) in [5, 5.41) is 19.1. The van der Waals surface area contributed by atoms with Crippen molar-refractivity contribution < 1.29 is 33.8 Å². The summed E-state index contributed by atoms with van der Waals surface area (Å²) in [6.07, 6.45) is 5.96. The maximum Gasteiger partial charge on any atom is 0.326 e. The van der Waals surface area contributed by atoms with Crippen molar-refractivity contribution in [3.8, 4) is 22.8 Å². The summed E-state index contributed by atoms with van der Waals surface area (Å²) in [7, 11) is 1.59. The van der Waals surface area contributed by atoms with Gasteiger partial charge in [-0.05, 0) is 43.2 Å². The van der Waals surface area contributed by atoms with Crippen molar-refractivity contribution in [2.75, 3.05) is 20.2 Å². The molecular formula is C39H51N5O7. The summed E-state index contributed by atoms with van der Waals surface area (Å²) >= 11 is 0. The molecule has 3 aromatic rings. The first kappa shape index (κ1) is 37.4. The number of aliphatic carboxylic acids is 1. The van der Waals surface area contributed by atoms with Crippen LogP contribution in [-0.4, -0.2) is 83.2 Å². The third kappa shape index (κ3) is 9.47. The molecule has 1 aromatic heterocycles. The number of carboxylic acids is 1. The minimum Gasteiger partial charge on any atom is -0.497 e. The van der Waals surface area contributed by atoms with E-state index in [2.05, 4.69) is 16.0 Å². The van der Waals surface area contributed by atoms with Crippen molar-refractivity contribution in [3.05, 3.63) is 54.6 Å². The van der Waals surface area contributed by atoms with Crippen molar-refractivity contribution in [2.24, 2.45) is 11.8 Å². The van der Waals surface area contributed by atoms with Crippen LogP contribution in [0.25, 0.3) is 22.2 Å². The first-order valence-electron chi connectivity index (χ1n) is 18.2. The van der Waals surface area contributed by atoms with E-state index in [1.165, 1.54) is 11.3 Å². The molecule has 1 aliphatic carbocycles. The van der Waals surface area contributed by atoms with Gasteiger partial charge in [0.2, 0.25) is 11.8 Å². The molecule has 12 nitrogen and oxygen atoms in total. The van der Waals surface area contributed by atoms with Crippen LogP contribution in [0.3, 0.4) is 0 Å². The standard InChI is InChI=1S/C39H51N5O7/c1-5-12-30(38(47)48)42-36(45)33-20-28(23-44(33)39(49)43-35(24(2)3)37(46)40-22-25-13-8-6-9-14-25)51-34-21-31(26-15-10-7-11-16-26)41-32-19-27(50-4)17-18-29(32)34/h7,10-11,15-19,21,24-25,28,30,33,35H,5-6,8-9,12-14,20,22-23H2,1-4H3,(H,40,46)(H,42,45)(H,43,49)(H,47,48)/t28?,30-,33-,35-/m0/s1. The number of ether oxygens (including phenoxy) is 2. The monoisotopic (exact) mass is 701 g/mol. The van der Waals surface area contributed by atoms with E-state index in [1.807, 2.05) is 75.4 Å². The third-order valence-corrected chi connectivity index (χ3v) is 9.88. The molecule has 12 heteroatoms. The second-order valence-electron chi connectivity index (χ2n) is 14.0. The number of amides is 4. The molecule has 2 aromatic carbocycles. The molecule has 51 heavy (non-hydrogen) atoms. The number of benzene rings is 2. The fourth-order valence-corrected chi connectivity index (χ4v) is 7.00. The Morgan fingerprint density at radius 3 is 2.41 bits per heavy atom. The van der Waals surface area contributed by atoms with Crippen LogP contribution in [0.4, 0.5) is 4.79 Å². The highest BCUT2D eigenvalue weighted by atomic mass is 16.5. The average molecular weight is 702 g/mol. The highest BCUT2D eigenvalue weighted by Gasteiger charge is 2.43. The highest BCUT2D eigenvalue weighted by molar-refractivity contribution is 5.93. The first-order valence-corrected chi connectivity index (χ1v) is 18.2. The van der Waals surface area contributed by atoms with Crippen LogP contribution in [0, 0.1) is 11.8 Å². The van der Waals surface area contributed by atoms with Gasteiger partial charge in [-0.2, -0.15) is 0 Å². The van der Waals surface area contributed by atoms with Crippen molar-refractivity contribution >= 4 is 34.7 Å². The number of carbonyl (C=O) groups excluding carboxylic acids is 3. The lowest BCUT2D eigenvalue weighted by atomic mass is 9.89. The average Bonchev–Trinajstić information content (AvgIpc) is 3.57. The number of nitrogens with one attached hydrogen (secondary N) is 3. The Kier molecular flexibility index (Phi) is 12.7. The van der Waals surface area contributed by atoms with Gasteiger partial charge in [-0.3, -0.25) is 9.59 Å². The smallest absolute Gasteiger partial charge is 0.326 e. The lowest BCUT2D eigenvalue weighted by Gasteiger charge is -2.29. The summed E-state index contributed by atoms with van der Waals surface area (Å²) in [4.78, 5) is 59.3. The molecule has 1 saturated heterocycles. The van der Waals surface area contributed by atoms with Crippen molar-refractivity contribution in [2.45, 2.75) is 96.4 Å². The Morgan fingerprint density at radius 2 is 1.75 bits per heavy atom. The third-order valence-electron chi connectivity index (χ3n) is 9.88. The number of rotatable bonds is 14. The molecule has 0 radical (unpaired) electrons. The van der Waals surface area contributed by atoms with Gasteiger partial charge in [-0.25, -0.2) is 14.6 Å². The fraction of sp³-hybridized carbons (Fsp3) is 0.513. The number of carbonyl (C=O) groups is 4. The number of carboxylic acid groups (broad SMARTS) is 1. The number of pyridine rings is 1. The minimum atomic E-state index is -1.14. The molecule has 4 N–H and O–H groups in total. The summed E-state index contributed by atoms with van der Waals surface area (Å²) < 4.78 is 12.1. The number of likely N-dealkylation sites (tertiary alicyclic amines) is 1. The van der Waals surface area contributed by atoms with Gasteiger partial charge in [-0.15, -0.1) is 0 Å². The Hall–Kier alpha value is -4.87. The molecule has 2 fully saturated rings. The number of aromatic nitrogens is 1. The van der Waals surface area contributed by atoms with Gasteiger partial charge in [-0.1, -0.05) is 76.8 Å².